The van der Waals surface area contributed by atoms with E-state index in [4.69, 9.17) is 0 Å². The minimum Gasteiger partial charge on any atom is -0.300 e. The molecule has 0 heterocycles. The Morgan fingerprint density at radius 1 is 0.783 bits per heavy atom. The van der Waals surface area contributed by atoms with Crippen molar-refractivity contribution in [2.45, 2.75) is 25.7 Å². The maximum atomic E-state index is 12.0. The molecule has 0 aromatic heterocycles. The fourth-order valence-corrected chi connectivity index (χ4v) is 3.15. The standard InChI is InChI=1S/C22H22O/c23-21-12-7-15-22(18-21,16-13-19-8-3-1-4-9-19)17-14-20-10-5-2-6-11-20/h1-6,8-11,13-14,16-17H,7,12,15,18H2/b16-13+,17-14+. The number of carbonyl (C=O) groups excluding carboxylic acids is 1. The van der Waals surface area contributed by atoms with Crippen LogP contribution < -0.4 is 0 Å². The predicted molar refractivity (Wildman–Crippen MR) is 96.9 cm³/mol. The summed E-state index contributed by atoms with van der Waals surface area (Å²) in [7, 11) is 0. The van der Waals surface area contributed by atoms with Crippen LogP contribution in [0.25, 0.3) is 12.2 Å². The van der Waals surface area contributed by atoms with E-state index in [1.165, 1.54) is 11.1 Å². The van der Waals surface area contributed by atoms with Crippen molar-refractivity contribution in [2.75, 3.05) is 0 Å². The zero-order chi connectivity index (χ0) is 16.0. The summed E-state index contributed by atoms with van der Waals surface area (Å²) in [6.45, 7) is 0. The molecular formula is C22H22O. The molecule has 1 heteroatoms. The minimum absolute atomic E-state index is 0.152. The molecule has 0 amide bonds. The molecule has 1 saturated carbocycles. The average molecular weight is 302 g/mol. The highest BCUT2D eigenvalue weighted by Gasteiger charge is 2.30. The molecular weight excluding hydrogens is 280 g/mol. The van der Waals surface area contributed by atoms with Gasteiger partial charge in [-0.3, -0.25) is 4.79 Å². The highest BCUT2D eigenvalue weighted by molar-refractivity contribution is 5.81. The van der Waals surface area contributed by atoms with Crippen molar-refractivity contribution in [3.8, 4) is 0 Å². The van der Waals surface area contributed by atoms with Gasteiger partial charge < -0.3 is 0 Å². The maximum absolute atomic E-state index is 12.0. The first kappa shape index (κ1) is 15.5. The van der Waals surface area contributed by atoms with Crippen molar-refractivity contribution in [1.29, 1.82) is 0 Å². The van der Waals surface area contributed by atoms with E-state index in [1.807, 2.05) is 36.4 Å². The molecule has 0 aliphatic heterocycles. The Balaban J connectivity index is 1.86. The molecule has 0 unspecified atom stereocenters. The monoisotopic (exact) mass is 302 g/mol. The van der Waals surface area contributed by atoms with Gasteiger partial charge >= 0.3 is 0 Å². The van der Waals surface area contributed by atoms with Gasteiger partial charge in [-0.05, 0) is 24.0 Å². The Hall–Kier alpha value is -2.41. The zero-order valence-electron chi connectivity index (χ0n) is 13.3. The lowest BCUT2D eigenvalue weighted by molar-refractivity contribution is -0.122. The summed E-state index contributed by atoms with van der Waals surface area (Å²) in [4.78, 5) is 12.0. The lowest BCUT2D eigenvalue weighted by atomic mass is 9.72. The van der Waals surface area contributed by atoms with E-state index in [-0.39, 0.29) is 5.41 Å². The van der Waals surface area contributed by atoms with Gasteiger partial charge in [0.1, 0.15) is 5.78 Å². The van der Waals surface area contributed by atoms with Crippen molar-refractivity contribution in [3.05, 3.63) is 83.9 Å². The summed E-state index contributed by atoms with van der Waals surface area (Å²) in [6, 6.07) is 20.6. The molecule has 0 bridgehead atoms. The SMILES string of the molecule is O=C1CCCC(/C=C/c2ccccc2)(/C=C/c2ccccc2)C1. The fourth-order valence-electron chi connectivity index (χ4n) is 3.15. The van der Waals surface area contributed by atoms with Crippen LogP contribution in [0.15, 0.2) is 72.8 Å². The second-order valence-corrected chi connectivity index (χ2v) is 6.29. The van der Waals surface area contributed by atoms with Crippen LogP contribution in [-0.4, -0.2) is 5.78 Å². The Morgan fingerprint density at radius 3 is 1.78 bits per heavy atom. The van der Waals surface area contributed by atoms with Gasteiger partial charge in [0.25, 0.3) is 0 Å². The van der Waals surface area contributed by atoms with Crippen molar-refractivity contribution >= 4 is 17.9 Å². The minimum atomic E-state index is -0.152. The van der Waals surface area contributed by atoms with E-state index in [1.54, 1.807) is 0 Å². The van der Waals surface area contributed by atoms with Crippen molar-refractivity contribution < 1.29 is 4.79 Å². The van der Waals surface area contributed by atoms with Crippen LogP contribution in [0.4, 0.5) is 0 Å². The second kappa shape index (κ2) is 7.23. The van der Waals surface area contributed by atoms with Crippen LogP contribution >= 0.6 is 0 Å². The van der Waals surface area contributed by atoms with Gasteiger partial charge in [-0.25, -0.2) is 0 Å². The van der Waals surface area contributed by atoms with Gasteiger partial charge in [0.15, 0.2) is 0 Å². The number of benzene rings is 2. The topological polar surface area (TPSA) is 17.1 Å². The van der Waals surface area contributed by atoms with Crippen LogP contribution in [0.1, 0.15) is 36.8 Å². The number of ketones is 1. The Bertz CT molecular complexity index is 646. The maximum Gasteiger partial charge on any atom is 0.134 e. The Labute approximate surface area is 138 Å². The number of hydrogen-bond donors (Lipinski definition) is 0. The van der Waals surface area contributed by atoms with E-state index in [9.17, 15) is 4.79 Å². The summed E-state index contributed by atoms with van der Waals surface area (Å²) in [5.74, 6) is 0.367. The van der Waals surface area contributed by atoms with Crippen molar-refractivity contribution in [3.63, 3.8) is 0 Å². The summed E-state index contributed by atoms with van der Waals surface area (Å²) >= 11 is 0. The van der Waals surface area contributed by atoms with Crippen LogP contribution in [0.3, 0.4) is 0 Å². The molecule has 2 aromatic carbocycles. The van der Waals surface area contributed by atoms with Crippen LogP contribution in [-0.2, 0) is 4.79 Å². The van der Waals surface area contributed by atoms with Gasteiger partial charge in [-0.15, -0.1) is 0 Å². The first-order chi connectivity index (χ1) is 11.3. The molecule has 1 aliphatic rings. The summed E-state index contributed by atoms with van der Waals surface area (Å²) in [6.07, 6.45) is 12.1. The highest BCUT2D eigenvalue weighted by Crippen LogP contribution is 2.38. The molecule has 0 N–H and O–H groups in total. The van der Waals surface area contributed by atoms with Gasteiger partial charge in [-0.1, -0.05) is 85.0 Å². The largest absolute Gasteiger partial charge is 0.300 e. The third-order valence-electron chi connectivity index (χ3n) is 4.44. The van der Waals surface area contributed by atoms with Gasteiger partial charge in [-0.2, -0.15) is 0 Å². The first-order valence-electron chi connectivity index (χ1n) is 8.26. The van der Waals surface area contributed by atoms with Crippen LogP contribution in [0, 0.1) is 5.41 Å². The number of carbonyl (C=O) groups is 1. The third-order valence-corrected chi connectivity index (χ3v) is 4.44. The number of rotatable bonds is 4. The Morgan fingerprint density at radius 2 is 1.30 bits per heavy atom. The number of Topliss-reactive ketones (excluding diaryl/α,β-unsaturated/α-hetero) is 1. The van der Waals surface area contributed by atoms with Crippen LogP contribution in [0.5, 0.6) is 0 Å². The van der Waals surface area contributed by atoms with E-state index < -0.39 is 0 Å². The van der Waals surface area contributed by atoms with Gasteiger partial charge in [0.2, 0.25) is 0 Å². The summed E-state index contributed by atoms with van der Waals surface area (Å²) in [5.41, 5.74) is 2.21. The Kier molecular flexibility index (Phi) is 4.87. The predicted octanol–water partition coefficient (Wildman–Crippen LogP) is 5.54. The average Bonchev–Trinajstić information content (AvgIpc) is 2.60. The van der Waals surface area contributed by atoms with Crippen molar-refractivity contribution in [1.82, 2.24) is 0 Å². The second-order valence-electron chi connectivity index (χ2n) is 6.29. The molecule has 3 rings (SSSR count). The van der Waals surface area contributed by atoms with E-state index in [0.29, 0.717) is 12.2 Å². The normalized spacial score (nSPS) is 17.8. The van der Waals surface area contributed by atoms with Crippen molar-refractivity contribution in [2.24, 2.45) is 5.41 Å². The molecule has 1 aliphatic carbocycles. The van der Waals surface area contributed by atoms with E-state index in [0.717, 1.165) is 19.3 Å². The molecule has 0 saturated heterocycles. The molecule has 0 atom stereocenters. The molecule has 0 radical (unpaired) electrons. The smallest absolute Gasteiger partial charge is 0.134 e. The zero-order valence-corrected chi connectivity index (χ0v) is 13.3. The summed E-state index contributed by atoms with van der Waals surface area (Å²) < 4.78 is 0. The number of allylic oxidation sites excluding steroid dienone is 2. The quantitative estimate of drug-likeness (QED) is 0.724. The molecule has 116 valence electrons. The lowest BCUT2D eigenvalue weighted by Gasteiger charge is -2.31. The fraction of sp³-hybridized carbons (Fsp3) is 0.227. The highest BCUT2D eigenvalue weighted by atomic mass is 16.1. The van der Waals surface area contributed by atoms with Gasteiger partial charge in [0.05, 0.1) is 0 Å². The third kappa shape index (κ3) is 4.29. The first-order valence-corrected chi connectivity index (χ1v) is 8.26. The summed E-state index contributed by atoms with van der Waals surface area (Å²) in [5, 5.41) is 0. The molecule has 1 nitrogen and oxygen atoms in total. The van der Waals surface area contributed by atoms with Crippen LogP contribution in [0.2, 0.25) is 0 Å². The number of hydrogen-bond acceptors (Lipinski definition) is 1. The molecule has 23 heavy (non-hydrogen) atoms. The molecule has 1 fully saturated rings. The lowest BCUT2D eigenvalue weighted by Crippen LogP contribution is -2.24. The van der Waals surface area contributed by atoms with E-state index in [2.05, 4.69) is 48.6 Å². The van der Waals surface area contributed by atoms with E-state index >= 15 is 0 Å². The molecule has 0 spiro atoms. The molecule has 2 aromatic rings. The van der Waals surface area contributed by atoms with Gasteiger partial charge in [0, 0.05) is 18.3 Å².